The molecule has 0 aliphatic rings. The van der Waals surface area contributed by atoms with Gasteiger partial charge in [0.15, 0.2) is 0 Å². The minimum absolute atomic E-state index is 0.858. The van der Waals surface area contributed by atoms with Crippen molar-refractivity contribution in [3.05, 3.63) is 224 Å². The van der Waals surface area contributed by atoms with Crippen molar-refractivity contribution in [1.82, 2.24) is 0 Å². The zero-order chi connectivity index (χ0) is 37.3. The van der Waals surface area contributed by atoms with Crippen molar-refractivity contribution in [2.75, 3.05) is 4.90 Å². The molecule has 2 heteroatoms. The summed E-state index contributed by atoms with van der Waals surface area (Å²) in [4.78, 5) is 2.38. The maximum absolute atomic E-state index is 6.47. The summed E-state index contributed by atoms with van der Waals surface area (Å²) in [5.41, 5.74) is 16.7. The summed E-state index contributed by atoms with van der Waals surface area (Å²) in [5, 5.41) is 2.22. The first-order chi connectivity index (χ1) is 27.8. The zero-order valence-electron chi connectivity index (χ0n) is 30.7. The number of hydrogen-bond donors (Lipinski definition) is 0. The van der Waals surface area contributed by atoms with E-state index in [1.807, 2.05) is 12.1 Å². The van der Waals surface area contributed by atoms with Crippen molar-refractivity contribution in [2.24, 2.45) is 0 Å². The zero-order valence-corrected chi connectivity index (χ0v) is 30.7. The minimum Gasteiger partial charge on any atom is -0.456 e. The lowest BCUT2D eigenvalue weighted by Gasteiger charge is -2.29. The Bertz CT molecular complexity index is 2950. The molecule has 0 aliphatic carbocycles. The van der Waals surface area contributed by atoms with Gasteiger partial charge in [-0.1, -0.05) is 182 Å². The molecule has 56 heavy (non-hydrogen) atoms. The van der Waals surface area contributed by atoms with Crippen LogP contribution in [0.1, 0.15) is 0 Å². The molecule has 0 saturated carbocycles. The Kier molecular flexibility index (Phi) is 8.55. The standard InChI is InChI=1S/C54H37NO/c1-4-16-38(17-5-1)42-30-34-47(40-20-8-3-9-21-40)52(36-42)55(44-33-35-51-50-26-14-15-27-53(50)56-54(51)37-44)43-31-28-41(29-32-43)46-23-11-13-25-49(46)48-24-12-10-22-45(48)39-18-6-2-7-19-39/h1-37H. The molecule has 0 saturated heterocycles. The number of furan rings is 1. The minimum atomic E-state index is 0.858. The summed E-state index contributed by atoms with van der Waals surface area (Å²) >= 11 is 0. The first kappa shape index (κ1) is 33.2. The van der Waals surface area contributed by atoms with E-state index in [1.165, 1.54) is 33.4 Å². The van der Waals surface area contributed by atoms with Crippen LogP contribution in [0.2, 0.25) is 0 Å². The normalized spacial score (nSPS) is 11.2. The number of benzene rings is 9. The Morgan fingerprint density at radius 1 is 0.268 bits per heavy atom. The van der Waals surface area contributed by atoms with Gasteiger partial charge in [0.2, 0.25) is 0 Å². The Balaban J connectivity index is 1.15. The molecular weight excluding hydrogens is 679 g/mol. The Labute approximate surface area is 327 Å². The first-order valence-electron chi connectivity index (χ1n) is 19.1. The van der Waals surface area contributed by atoms with Gasteiger partial charge in [-0.05, 0) is 86.5 Å². The molecule has 0 spiro atoms. The van der Waals surface area contributed by atoms with Crippen LogP contribution in [-0.2, 0) is 0 Å². The second-order valence-electron chi connectivity index (χ2n) is 14.1. The second kappa shape index (κ2) is 14.4. The second-order valence-corrected chi connectivity index (χ2v) is 14.1. The van der Waals surface area contributed by atoms with Gasteiger partial charge in [-0.2, -0.15) is 0 Å². The fraction of sp³-hybridized carbons (Fsp3) is 0. The van der Waals surface area contributed by atoms with Crippen LogP contribution >= 0.6 is 0 Å². The molecular formula is C54H37NO. The number of para-hydroxylation sites is 1. The molecule has 1 aromatic heterocycles. The van der Waals surface area contributed by atoms with E-state index in [4.69, 9.17) is 4.42 Å². The van der Waals surface area contributed by atoms with Crippen molar-refractivity contribution >= 4 is 39.0 Å². The maximum atomic E-state index is 6.47. The topological polar surface area (TPSA) is 16.4 Å². The van der Waals surface area contributed by atoms with E-state index in [-0.39, 0.29) is 0 Å². The average molecular weight is 716 g/mol. The number of rotatable bonds is 8. The van der Waals surface area contributed by atoms with Crippen LogP contribution in [-0.4, -0.2) is 0 Å². The highest BCUT2D eigenvalue weighted by molar-refractivity contribution is 6.06. The highest BCUT2D eigenvalue weighted by Crippen LogP contribution is 2.45. The summed E-state index contributed by atoms with van der Waals surface area (Å²) in [6.45, 7) is 0. The molecule has 0 bridgehead atoms. The summed E-state index contributed by atoms with van der Waals surface area (Å²) in [5.74, 6) is 0. The van der Waals surface area contributed by atoms with E-state index in [2.05, 4.69) is 217 Å². The number of nitrogens with zero attached hydrogens (tertiary/aromatic N) is 1. The van der Waals surface area contributed by atoms with Crippen molar-refractivity contribution in [3.8, 4) is 55.6 Å². The van der Waals surface area contributed by atoms with E-state index >= 15 is 0 Å². The molecule has 0 fully saturated rings. The Morgan fingerprint density at radius 3 is 1.38 bits per heavy atom. The third-order valence-electron chi connectivity index (χ3n) is 10.7. The summed E-state index contributed by atoms with van der Waals surface area (Å²) in [6.07, 6.45) is 0. The van der Waals surface area contributed by atoms with Crippen LogP contribution in [0.25, 0.3) is 77.6 Å². The highest BCUT2D eigenvalue weighted by Gasteiger charge is 2.21. The van der Waals surface area contributed by atoms with Gasteiger partial charge in [-0.25, -0.2) is 0 Å². The van der Waals surface area contributed by atoms with Gasteiger partial charge in [0.25, 0.3) is 0 Å². The van der Waals surface area contributed by atoms with E-state index in [1.54, 1.807) is 0 Å². The molecule has 0 atom stereocenters. The van der Waals surface area contributed by atoms with Crippen LogP contribution in [0.4, 0.5) is 17.1 Å². The lowest BCUT2D eigenvalue weighted by atomic mass is 9.89. The molecule has 0 radical (unpaired) electrons. The molecule has 10 aromatic rings. The predicted molar refractivity (Wildman–Crippen MR) is 236 cm³/mol. The van der Waals surface area contributed by atoms with Gasteiger partial charge in [-0.3, -0.25) is 0 Å². The fourth-order valence-corrected chi connectivity index (χ4v) is 8.02. The van der Waals surface area contributed by atoms with Crippen molar-refractivity contribution < 1.29 is 4.42 Å². The number of hydrogen-bond acceptors (Lipinski definition) is 2. The fourth-order valence-electron chi connectivity index (χ4n) is 8.02. The first-order valence-corrected chi connectivity index (χ1v) is 19.1. The monoisotopic (exact) mass is 715 g/mol. The van der Waals surface area contributed by atoms with Gasteiger partial charge in [0, 0.05) is 33.8 Å². The van der Waals surface area contributed by atoms with E-state index in [0.29, 0.717) is 0 Å². The van der Waals surface area contributed by atoms with Crippen LogP contribution in [0.5, 0.6) is 0 Å². The molecule has 0 aliphatic heterocycles. The lowest BCUT2D eigenvalue weighted by Crippen LogP contribution is -2.11. The lowest BCUT2D eigenvalue weighted by molar-refractivity contribution is 0.669. The third kappa shape index (κ3) is 6.14. The predicted octanol–water partition coefficient (Wildman–Crippen LogP) is 15.4. The van der Waals surface area contributed by atoms with E-state index < -0.39 is 0 Å². The maximum Gasteiger partial charge on any atom is 0.137 e. The van der Waals surface area contributed by atoms with Crippen molar-refractivity contribution in [3.63, 3.8) is 0 Å². The smallest absolute Gasteiger partial charge is 0.137 e. The molecule has 10 rings (SSSR count). The van der Waals surface area contributed by atoms with Gasteiger partial charge in [-0.15, -0.1) is 0 Å². The van der Waals surface area contributed by atoms with Crippen molar-refractivity contribution in [2.45, 2.75) is 0 Å². The largest absolute Gasteiger partial charge is 0.456 e. The van der Waals surface area contributed by atoms with Crippen LogP contribution in [0.3, 0.4) is 0 Å². The molecule has 1 heterocycles. The Hall–Kier alpha value is -7.42. The number of anilines is 3. The van der Waals surface area contributed by atoms with Crippen molar-refractivity contribution in [1.29, 1.82) is 0 Å². The summed E-state index contributed by atoms with van der Waals surface area (Å²) in [7, 11) is 0. The van der Waals surface area contributed by atoms with Gasteiger partial charge < -0.3 is 9.32 Å². The summed E-state index contributed by atoms with van der Waals surface area (Å²) in [6, 6.07) is 80.1. The number of fused-ring (bicyclic) bond motifs is 3. The molecule has 0 N–H and O–H groups in total. The van der Waals surface area contributed by atoms with Crippen LogP contribution < -0.4 is 4.90 Å². The molecule has 9 aromatic carbocycles. The molecule has 0 unspecified atom stereocenters. The molecule has 2 nitrogen and oxygen atoms in total. The molecule has 264 valence electrons. The Morgan fingerprint density at radius 2 is 0.732 bits per heavy atom. The third-order valence-corrected chi connectivity index (χ3v) is 10.7. The van der Waals surface area contributed by atoms with Gasteiger partial charge in [0.05, 0.1) is 5.69 Å². The highest BCUT2D eigenvalue weighted by atomic mass is 16.3. The molecule has 0 amide bonds. The van der Waals surface area contributed by atoms with E-state index in [0.717, 1.165) is 61.3 Å². The van der Waals surface area contributed by atoms with Crippen LogP contribution in [0, 0.1) is 0 Å². The SMILES string of the molecule is c1ccc(-c2ccc(-c3ccccc3)c(N(c3ccc(-c4ccccc4-c4ccccc4-c4ccccc4)cc3)c3ccc4c(c3)oc3ccccc34)c2)cc1. The van der Waals surface area contributed by atoms with E-state index in [9.17, 15) is 0 Å². The summed E-state index contributed by atoms with van der Waals surface area (Å²) < 4.78 is 6.47. The van der Waals surface area contributed by atoms with Crippen LogP contribution in [0.15, 0.2) is 229 Å². The average Bonchev–Trinajstić information content (AvgIpc) is 3.66. The van der Waals surface area contributed by atoms with Gasteiger partial charge >= 0.3 is 0 Å². The quantitative estimate of drug-likeness (QED) is 0.156. The van der Waals surface area contributed by atoms with Gasteiger partial charge in [0.1, 0.15) is 11.2 Å².